The van der Waals surface area contributed by atoms with Gasteiger partial charge in [0.05, 0.1) is 10.6 Å². The summed E-state index contributed by atoms with van der Waals surface area (Å²) >= 11 is 1.31. The Hall–Kier alpha value is -1.49. The number of hydrogen-bond acceptors (Lipinski definition) is 2. The lowest BCUT2D eigenvalue weighted by Crippen LogP contribution is -2.04. The Kier molecular flexibility index (Phi) is 2.63. The second-order valence-corrected chi connectivity index (χ2v) is 4.26. The molecule has 0 saturated heterocycles. The molecule has 2 N–H and O–H groups in total. The Bertz CT molecular complexity index is 502. The Labute approximate surface area is 94.3 Å². The topological polar surface area (TPSA) is 26.0 Å². The van der Waals surface area contributed by atoms with Crippen molar-refractivity contribution in [3.05, 3.63) is 41.3 Å². The molecule has 0 aliphatic carbocycles. The van der Waals surface area contributed by atoms with Gasteiger partial charge in [0.2, 0.25) is 0 Å². The van der Waals surface area contributed by atoms with Gasteiger partial charge in [0.1, 0.15) is 0 Å². The van der Waals surface area contributed by atoms with Gasteiger partial charge in [0.15, 0.2) is 0 Å². The summed E-state index contributed by atoms with van der Waals surface area (Å²) in [6.45, 7) is 0. The molecule has 0 aliphatic rings. The minimum Gasteiger partial charge on any atom is -0.391 e. The van der Waals surface area contributed by atoms with Gasteiger partial charge >= 0.3 is 6.18 Å². The molecular weight excluding hydrogens is 235 g/mol. The number of benzene rings is 1. The summed E-state index contributed by atoms with van der Waals surface area (Å²) in [5, 5.41) is 2.33. The zero-order chi connectivity index (χ0) is 11.8. The van der Waals surface area contributed by atoms with Crippen molar-refractivity contribution >= 4 is 16.3 Å². The summed E-state index contributed by atoms with van der Waals surface area (Å²) < 4.78 is 37.4. The number of halogens is 3. The van der Waals surface area contributed by atoms with Crippen LogP contribution in [0.25, 0.3) is 11.1 Å². The quantitative estimate of drug-likeness (QED) is 0.804. The summed E-state index contributed by atoms with van der Waals surface area (Å²) in [5.41, 5.74) is 6.14. The number of rotatable bonds is 1. The van der Waals surface area contributed by atoms with E-state index in [0.717, 1.165) is 12.1 Å². The number of hydrogen-bond donors (Lipinski definition) is 1. The van der Waals surface area contributed by atoms with Gasteiger partial charge in [-0.25, -0.2) is 0 Å². The number of nitrogen functional groups attached to an aromatic ring is 1. The van der Waals surface area contributed by atoms with Gasteiger partial charge in [-0.1, -0.05) is 12.1 Å². The van der Waals surface area contributed by atoms with Gasteiger partial charge in [-0.15, -0.1) is 11.3 Å². The third-order valence-corrected chi connectivity index (χ3v) is 2.90. The van der Waals surface area contributed by atoms with Crippen LogP contribution in [0.15, 0.2) is 35.7 Å². The summed E-state index contributed by atoms with van der Waals surface area (Å²) in [4.78, 5) is 0. The van der Waals surface area contributed by atoms with E-state index in [4.69, 9.17) is 5.73 Å². The zero-order valence-electron chi connectivity index (χ0n) is 8.08. The Balaban J connectivity index is 2.44. The number of anilines is 1. The highest BCUT2D eigenvalue weighted by Crippen LogP contribution is 2.33. The van der Waals surface area contributed by atoms with E-state index < -0.39 is 11.7 Å². The van der Waals surface area contributed by atoms with E-state index in [1.807, 2.05) is 0 Å². The van der Waals surface area contributed by atoms with Crippen LogP contribution in [0.5, 0.6) is 0 Å². The molecule has 0 atom stereocenters. The minimum atomic E-state index is -4.31. The van der Waals surface area contributed by atoms with E-state index in [1.165, 1.54) is 17.4 Å². The molecule has 1 aromatic heterocycles. The average Bonchev–Trinajstić information content (AvgIpc) is 2.64. The number of nitrogens with two attached hydrogens (primary N) is 1. The van der Waals surface area contributed by atoms with Crippen LogP contribution in [0.4, 0.5) is 18.2 Å². The maximum absolute atomic E-state index is 12.5. The number of alkyl halides is 3. The molecule has 2 rings (SSSR count). The first kappa shape index (κ1) is 11.0. The first-order chi connectivity index (χ1) is 7.47. The minimum absolute atomic E-state index is 0.530. The molecule has 0 radical (unpaired) electrons. The lowest BCUT2D eigenvalue weighted by Gasteiger charge is -2.07. The van der Waals surface area contributed by atoms with Crippen molar-refractivity contribution in [2.45, 2.75) is 6.18 Å². The predicted octanol–water partition coefficient (Wildman–Crippen LogP) is 4.02. The summed E-state index contributed by atoms with van der Waals surface area (Å²) in [7, 11) is 0. The standard InChI is InChI=1S/C11H8F3NS/c12-11(13,14)9-3-1-2-7(4-9)8-5-10(15)16-6-8/h1-6H,15H2. The largest absolute Gasteiger partial charge is 0.416 e. The third kappa shape index (κ3) is 2.19. The molecule has 0 unspecified atom stereocenters. The van der Waals surface area contributed by atoms with Crippen molar-refractivity contribution in [3.63, 3.8) is 0 Å². The van der Waals surface area contributed by atoms with Gasteiger partial charge in [0, 0.05) is 5.38 Å². The molecule has 84 valence electrons. The molecule has 1 nitrogen and oxygen atoms in total. The van der Waals surface area contributed by atoms with Crippen LogP contribution in [-0.2, 0) is 6.18 Å². The second kappa shape index (κ2) is 3.83. The molecule has 2 aromatic rings. The highest BCUT2D eigenvalue weighted by molar-refractivity contribution is 7.14. The lowest BCUT2D eigenvalue weighted by molar-refractivity contribution is -0.137. The SMILES string of the molecule is Nc1cc(-c2cccc(C(F)(F)F)c2)cs1. The van der Waals surface area contributed by atoms with Gasteiger partial charge < -0.3 is 5.73 Å². The molecule has 0 bridgehead atoms. The number of thiophene rings is 1. The van der Waals surface area contributed by atoms with Crippen LogP contribution in [0.1, 0.15) is 5.56 Å². The summed E-state index contributed by atoms with van der Waals surface area (Å²) in [6.07, 6.45) is -4.31. The zero-order valence-corrected chi connectivity index (χ0v) is 8.90. The van der Waals surface area contributed by atoms with Crippen LogP contribution < -0.4 is 5.73 Å². The molecule has 0 saturated carbocycles. The van der Waals surface area contributed by atoms with Crippen molar-refractivity contribution < 1.29 is 13.2 Å². The highest BCUT2D eigenvalue weighted by Gasteiger charge is 2.30. The normalized spacial score (nSPS) is 11.7. The van der Waals surface area contributed by atoms with Crippen molar-refractivity contribution in [2.75, 3.05) is 5.73 Å². The van der Waals surface area contributed by atoms with Crippen molar-refractivity contribution in [1.29, 1.82) is 0 Å². The smallest absolute Gasteiger partial charge is 0.391 e. The average molecular weight is 243 g/mol. The van der Waals surface area contributed by atoms with Gasteiger partial charge in [-0.2, -0.15) is 13.2 Å². The summed E-state index contributed by atoms with van der Waals surface area (Å²) in [6, 6.07) is 6.88. The van der Waals surface area contributed by atoms with Crippen LogP contribution in [0, 0.1) is 0 Å². The first-order valence-corrected chi connectivity index (χ1v) is 5.36. The maximum Gasteiger partial charge on any atom is 0.416 e. The fourth-order valence-corrected chi connectivity index (χ4v) is 2.04. The predicted molar refractivity (Wildman–Crippen MR) is 59.2 cm³/mol. The molecule has 1 heterocycles. The first-order valence-electron chi connectivity index (χ1n) is 4.48. The van der Waals surface area contributed by atoms with Crippen LogP contribution in [-0.4, -0.2) is 0 Å². The molecule has 16 heavy (non-hydrogen) atoms. The van der Waals surface area contributed by atoms with Crippen LogP contribution >= 0.6 is 11.3 Å². The summed E-state index contributed by atoms with van der Waals surface area (Å²) in [5.74, 6) is 0. The lowest BCUT2D eigenvalue weighted by atomic mass is 10.1. The molecule has 0 aliphatic heterocycles. The van der Waals surface area contributed by atoms with E-state index in [0.29, 0.717) is 16.1 Å². The molecule has 0 amide bonds. The van der Waals surface area contributed by atoms with E-state index in [-0.39, 0.29) is 0 Å². The van der Waals surface area contributed by atoms with E-state index >= 15 is 0 Å². The van der Waals surface area contributed by atoms with Crippen LogP contribution in [0.3, 0.4) is 0 Å². The van der Waals surface area contributed by atoms with Crippen LogP contribution in [0.2, 0.25) is 0 Å². The van der Waals surface area contributed by atoms with Gasteiger partial charge in [-0.3, -0.25) is 0 Å². The van der Waals surface area contributed by atoms with Gasteiger partial charge in [0.25, 0.3) is 0 Å². The third-order valence-electron chi connectivity index (χ3n) is 2.14. The van der Waals surface area contributed by atoms with Gasteiger partial charge in [-0.05, 0) is 29.3 Å². The second-order valence-electron chi connectivity index (χ2n) is 3.32. The highest BCUT2D eigenvalue weighted by atomic mass is 32.1. The molecule has 0 fully saturated rings. The fourth-order valence-electron chi connectivity index (χ4n) is 1.38. The molecular formula is C11H8F3NS. The molecule has 1 aromatic carbocycles. The molecule has 5 heteroatoms. The Morgan fingerprint density at radius 3 is 2.38 bits per heavy atom. The Morgan fingerprint density at radius 2 is 1.81 bits per heavy atom. The van der Waals surface area contributed by atoms with E-state index in [9.17, 15) is 13.2 Å². The van der Waals surface area contributed by atoms with E-state index in [2.05, 4.69) is 0 Å². The fraction of sp³-hybridized carbons (Fsp3) is 0.0909. The van der Waals surface area contributed by atoms with E-state index in [1.54, 1.807) is 17.5 Å². The maximum atomic E-state index is 12.5. The van der Waals surface area contributed by atoms with Crippen molar-refractivity contribution in [1.82, 2.24) is 0 Å². The van der Waals surface area contributed by atoms with Crippen molar-refractivity contribution in [2.24, 2.45) is 0 Å². The molecule has 0 spiro atoms. The van der Waals surface area contributed by atoms with Crippen molar-refractivity contribution in [3.8, 4) is 11.1 Å². The monoisotopic (exact) mass is 243 g/mol. The Morgan fingerprint density at radius 1 is 1.06 bits per heavy atom.